The Morgan fingerprint density at radius 2 is 1.74 bits per heavy atom. The summed E-state index contributed by atoms with van der Waals surface area (Å²) in [5.74, 6) is -0.535. The number of hydrogen-bond donors (Lipinski definition) is 2. The summed E-state index contributed by atoms with van der Waals surface area (Å²) in [7, 11) is 0. The van der Waals surface area contributed by atoms with Gasteiger partial charge in [-0.15, -0.1) is 0 Å². The minimum absolute atomic E-state index is 0.231. The predicted molar refractivity (Wildman–Crippen MR) is 119 cm³/mol. The van der Waals surface area contributed by atoms with Crippen LogP contribution in [0.5, 0.6) is 0 Å². The third-order valence-corrected chi connectivity index (χ3v) is 5.78. The molecule has 2 aromatic carbocycles. The smallest absolute Gasteiger partial charge is 0.338 e. The number of quaternary nitrogens is 1. The van der Waals surface area contributed by atoms with Crippen molar-refractivity contribution in [1.82, 2.24) is 5.32 Å². The van der Waals surface area contributed by atoms with Crippen molar-refractivity contribution in [3.05, 3.63) is 71.3 Å². The highest BCUT2D eigenvalue weighted by atomic mass is 16.5. The summed E-state index contributed by atoms with van der Waals surface area (Å²) >= 11 is 0. The molecule has 0 radical (unpaired) electrons. The van der Waals surface area contributed by atoms with E-state index in [0.717, 1.165) is 39.3 Å². The molecule has 1 amide bonds. The molecule has 6 heteroatoms. The molecule has 6 nitrogen and oxygen atoms in total. The molecule has 1 heterocycles. The van der Waals surface area contributed by atoms with Gasteiger partial charge in [0.05, 0.1) is 18.8 Å². The van der Waals surface area contributed by atoms with E-state index in [1.807, 2.05) is 30.3 Å². The van der Waals surface area contributed by atoms with Crippen molar-refractivity contribution in [1.29, 1.82) is 0 Å². The van der Waals surface area contributed by atoms with Gasteiger partial charge in [-0.2, -0.15) is 0 Å². The summed E-state index contributed by atoms with van der Waals surface area (Å²) in [5, 5.41) is 2.91. The molecule has 0 aromatic heterocycles. The largest absolute Gasteiger partial charge is 0.449 e. The summed E-state index contributed by atoms with van der Waals surface area (Å²) < 4.78 is 10.8. The normalized spacial score (nSPS) is 16.3. The SMILES string of the molecule is CC[C@@H](CNC(=O)[C@@H](C)OC(=O)c1ccc(C[NH+]2CCOCC2)cc1)c1ccccc1. The van der Waals surface area contributed by atoms with Gasteiger partial charge in [0.1, 0.15) is 19.6 Å². The van der Waals surface area contributed by atoms with Gasteiger partial charge in [0.25, 0.3) is 5.91 Å². The van der Waals surface area contributed by atoms with Crippen LogP contribution < -0.4 is 10.2 Å². The highest BCUT2D eigenvalue weighted by molar-refractivity contribution is 5.92. The van der Waals surface area contributed by atoms with Crippen LogP contribution in [0.2, 0.25) is 0 Å². The molecular formula is C25H33N2O4+. The first kappa shape index (κ1) is 23.0. The fourth-order valence-electron chi connectivity index (χ4n) is 3.76. The van der Waals surface area contributed by atoms with Crippen LogP contribution in [0.1, 0.15) is 47.7 Å². The van der Waals surface area contributed by atoms with E-state index in [2.05, 4.69) is 24.4 Å². The van der Waals surface area contributed by atoms with Gasteiger partial charge in [0.15, 0.2) is 6.10 Å². The molecule has 1 aliphatic rings. The fourth-order valence-corrected chi connectivity index (χ4v) is 3.76. The Hall–Kier alpha value is -2.70. The van der Waals surface area contributed by atoms with Crippen molar-refractivity contribution in [2.45, 2.75) is 38.8 Å². The molecule has 3 rings (SSSR count). The standard InChI is InChI=1S/C25H32N2O4/c1-3-21(22-7-5-4-6-8-22)17-26-24(28)19(2)31-25(29)23-11-9-20(10-12-23)18-27-13-15-30-16-14-27/h4-12,19,21H,3,13-18H2,1-2H3,(H,26,28)/p+1/t19-,21+/m1/s1. The Morgan fingerprint density at radius 3 is 2.39 bits per heavy atom. The van der Waals surface area contributed by atoms with Gasteiger partial charge in [-0.25, -0.2) is 4.79 Å². The van der Waals surface area contributed by atoms with E-state index in [4.69, 9.17) is 9.47 Å². The summed E-state index contributed by atoms with van der Waals surface area (Å²) in [6, 6.07) is 17.5. The number of benzene rings is 2. The molecule has 2 aromatic rings. The van der Waals surface area contributed by atoms with E-state index < -0.39 is 12.1 Å². The zero-order chi connectivity index (χ0) is 22.1. The van der Waals surface area contributed by atoms with Gasteiger partial charge in [-0.05, 0) is 31.0 Å². The van der Waals surface area contributed by atoms with E-state index in [1.165, 1.54) is 16.0 Å². The number of esters is 1. The second-order valence-electron chi connectivity index (χ2n) is 8.04. The number of ether oxygens (including phenoxy) is 2. The minimum Gasteiger partial charge on any atom is -0.449 e. The summed E-state index contributed by atoms with van der Waals surface area (Å²) in [4.78, 5) is 26.4. The first-order valence-corrected chi connectivity index (χ1v) is 11.1. The van der Waals surface area contributed by atoms with Gasteiger partial charge in [0, 0.05) is 18.0 Å². The molecule has 2 atom stereocenters. The molecule has 31 heavy (non-hydrogen) atoms. The van der Waals surface area contributed by atoms with Crippen LogP contribution in [-0.2, 0) is 20.8 Å². The number of morpholine rings is 1. The molecule has 2 N–H and O–H groups in total. The second-order valence-corrected chi connectivity index (χ2v) is 8.04. The molecule has 0 spiro atoms. The number of hydrogen-bond acceptors (Lipinski definition) is 4. The molecule has 166 valence electrons. The van der Waals surface area contributed by atoms with Crippen molar-refractivity contribution in [2.75, 3.05) is 32.8 Å². The number of rotatable bonds is 9. The molecule has 0 aliphatic carbocycles. The third-order valence-electron chi connectivity index (χ3n) is 5.78. The molecule has 1 fully saturated rings. The average Bonchev–Trinajstić information content (AvgIpc) is 2.81. The monoisotopic (exact) mass is 425 g/mol. The van der Waals surface area contributed by atoms with Crippen molar-refractivity contribution in [2.24, 2.45) is 0 Å². The van der Waals surface area contributed by atoms with Crippen LogP contribution in [0.3, 0.4) is 0 Å². The maximum atomic E-state index is 12.5. The van der Waals surface area contributed by atoms with E-state index >= 15 is 0 Å². The van der Waals surface area contributed by atoms with E-state index in [9.17, 15) is 9.59 Å². The molecule has 0 saturated carbocycles. The Balaban J connectivity index is 1.47. The molecular weight excluding hydrogens is 392 g/mol. The highest BCUT2D eigenvalue weighted by Crippen LogP contribution is 2.18. The lowest BCUT2D eigenvalue weighted by molar-refractivity contribution is -0.921. The quantitative estimate of drug-likeness (QED) is 0.603. The van der Waals surface area contributed by atoms with Crippen molar-refractivity contribution < 1.29 is 24.0 Å². The first-order chi connectivity index (χ1) is 15.1. The minimum atomic E-state index is -0.849. The lowest BCUT2D eigenvalue weighted by Gasteiger charge is -2.23. The number of carbonyl (C=O) groups is 2. The maximum Gasteiger partial charge on any atom is 0.338 e. The van der Waals surface area contributed by atoms with Gasteiger partial charge >= 0.3 is 5.97 Å². The van der Waals surface area contributed by atoms with Crippen LogP contribution in [-0.4, -0.2) is 50.8 Å². The molecule has 0 unspecified atom stereocenters. The van der Waals surface area contributed by atoms with Crippen LogP contribution >= 0.6 is 0 Å². The third kappa shape index (κ3) is 6.91. The van der Waals surface area contributed by atoms with Crippen LogP contribution in [0.15, 0.2) is 54.6 Å². The van der Waals surface area contributed by atoms with Crippen LogP contribution in [0, 0.1) is 0 Å². The predicted octanol–water partition coefficient (Wildman–Crippen LogP) is 1.96. The number of nitrogens with one attached hydrogen (secondary N) is 2. The van der Waals surface area contributed by atoms with E-state index in [1.54, 1.807) is 19.1 Å². The summed E-state index contributed by atoms with van der Waals surface area (Å²) in [5.41, 5.74) is 2.82. The van der Waals surface area contributed by atoms with Crippen LogP contribution in [0.25, 0.3) is 0 Å². The van der Waals surface area contributed by atoms with Gasteiger partial charge in [-0.3, -0.25) is 4.79 Å². The number of carbonyl (C=O) groups excluding carboxylic acids is 2. The van der Waals surface area contributed by atoms with Gasteiger partial charge in [-0.1, -0.05) is 49.4 Å². The van der Waals surface area contributed by atoms with Crippen molar-refractivity contribution in [3.63, 3.8) is 0 Å². The Labute approximate surface area is 184 Å². The van der Waals surface area contributed by atoms with Crippen molar-refractivity contribution in [3.8, 4) is 0 Å². The first-order valence-electron chi connectivity index (χ1n) is 11.1. The Kier molecular flexibility index (Phi) is 8.62. The van der Waals surface area contributed by atoms with Crippen LogP contribution in [0.4, 0.5) is 0 Å². The summed E-state index contributed by atoms with van der Waals surface area (Å²) in [6.45, 7) is 8.72. The average molecular weight is 426 g/mol. The zero-order valence-electron chi connectivity index (χ0n) is 18.4. The van der Waals surface area contributed by atoms with Gasteiger partial charge in [0.2, 0.25) is 0 Å². The summed E-state index contributed by atoms with van der Waals surface area (Å²) in [6.07, 6.45) is 0.0648. The molecule has 1 saturated heterocycles. The lowest BCUT2D eigenvalue weighted by atomic mass is 9.96. The maximum absolute atomic E-state index is 12.5. The van der Waals surface area contributed by atoms with Gasteiger partial charge < -0.3 is 19.7 Å². The Bertz CT molecular complexity index is 832. The van der Waals surface area contributed by atoms with Crippen molar-refractivity contribution >= 4 is 11.9 Å². The fraction of sp³-hybridized carbons (Fsp3) is 0.440. The molecule has 1 aliphatic heterocycles. The Morgan fingerprint density at radius 1 is 1.06 bits per heavy atom. The number of amides is 1. The molecule has 0 bridgehead atoms. The van der Waals surface area contributed by atoms with E-state index in [0.29, 0.717) is 12.1 Å². The zero-order valence-corrected chi connectivity index (χ0v) is 18.4. The highest BCUT2D eigenvalue weighted by Gasteiger charge is 2.20. The topological polar surface area (TPSA) is 69.1 Å². The second kappa shape index (κ2) is 11.6. The lowest BCUT2D eigenvalue weighted by Crippen LogP contribution is -3.12. The van der Waals surface area contributed by atoms with E-state index in [-0.39, 0.29) is 11.8 Å².